The number of nitrogens with one attached hydrogen (secondary N) is 2. The molecule has 0 spiro atoms. The predicted octanol–water partition coefficient (Wildman–Crippen LogP) is 2.73. The zero-order valence-electron chi connectivity index (χ0n) is 10.7. The molecular weight excluding hydrogens is 270 g/mol. The average Bonchev–Trinajstić information content (AvgIpc) is 2.42. The monoisotopic (exact) mass is 288 g/mol. The molecule has 1 aromatic rings. The average molecular weight is 288 g/mol. The van der Waals surface area contributed by atoms with Crippen molar-refractivity contribution in [2.45, 2.75) is 37.0 Å². The van der Waals surface area contributed by atoms with Crippen LogP contribution in [0.15, 0.2) is 6.07 Å². The number of nitrogens with two attached hydrogens (primary N) is 1. The summed E-state index contributed by atoms with van der Waals surface area (Å²) in [6.07, 6.45) is 6.25. The molecule has 1 fully saturated rings. The Hall–Kier alpha value is -1.08. The van der Waals surface area contributed by atoms with E-state index in [0.717, 1.165) is 31.7 Å². The number of rotatable bonds is 4. The molecule has 1 aliphatic carbocycles. The van der Waals surface area contributed by atoms with Gasteiger partial charge in [0.1, 0.15) is 0 Å². The van der Waals surface area contributed by atoms with Crippen molar-refractivity contribution >= 4 is 23.4 Å². The molecule has 0 unspecified atom stereocenters. The zero-order valence-corrected chi connectivity index (χ0v) is 11.6. The Bertz CT molecular complexity index is 436. The summed E-state index contributed by atoms with van der Waals surface area (Å²) < 4.78 is 26.9. The number of thioether (sulfide) groups is 1. The Morgan fingerprint density at radius 1 is 1.21 bits per heavy atom. The Kier molecular flexibility index (Phi) is 4.81. The molecule has 0 amide bonds. The quantitative estimate of drug-likeness (QED) is 0.587. The van der Waals surface area contributed by atoms with Crippen molar-refractivity contribution < 1.29 is 8.78 Å². The van der Waals surface area contributed by atoms with E-state index in [1.807, 2.05) is 11.8 Å². The van der Waals surface area contributed by atoms with Crippen molar-refractivity contribution in [1.29, 1.82) is 0 Å². The van der Waals surface area contributed by atoms with Crippen LogP contribution in [-0.2, 0) is 0 Å². The minimum Gasteiger partial charge on any atom is -0.365 e. The fraction of sp³-hybridized carbons (Fsp3) is 0.583. The van der Waals surface area contributed by atoms with Crippen molar-refractivity contribution in [2.24, 2.45) is 5.84 Å². The van der Waals surface area contributed by atoms with Gasteiger partial charge in [-0.3, -0.25) is 0 Å². The lowest BCUT2D eigenvalue weighted by Gasteiger charge is -2.28. The predicted molar refractivity (Wildman–Crippen MR) is 75.1 cm³/mol. The maximum absolute atomic E-state index is 13.6. The third-order valence-corrected chi connectivity index (χ3v) is 4.55. The molecule has 0 saturated heterocycles. The molecular formula is C12H18F2N4S. The van der Waals surface area contributed by atoms with Gasteiger partial charge in [0.2, 0.25) is 0 Å². The molecule has 7 heteroatoms. The van der Waals surface area contributed by atoms with Gasteiger partial charge in [-0.15, -0.1) is 0 Å². The van der Waals surface area contributed by atoms with Crippen LogP contribution in [0.5, 0.6) is 0 Å². The summed E-state index contributed by atoms with van der Waals surface area (Å²) in [6.45, 7) is 0. The van der Waals surface area contributed by atoms with Crippen molar-refractivity contribution in [2.75, 3.05) is 17.0 Å². The van der Waals surface area contributed by atoms with E-state index in [0.29, 0.717) is 5.25 Å². The first-order valence-electron chi connectivity index (χ1n) is 6.26. The highest BCUT2D eigenvalue weighted by Gasteiger charge is 2.22. The van der Waals surface area contributed by atoms with Crippen LogP contribution < -0.4 is 16.6 Å². The third-order valence-electron chi connectivity index (χ3n) is 3.41. The first-order valence-corrected chi connectivity index (χ1v) is 7.54. The molecule has 0 aromatic carbocycles. The maximum atomic E-state index is 13.6. The molecule has 0 atom stereocenters. The van der Waals surface area contributed by atoms with Gasteiger partial charge in [0, 0.05) is 17.4 Å². The van der Waals surface area contributed by atoms with Crippen molar-refractivity contribution in [3.8, 4) is 0 Å². The maximum Gasteiger partial charge on any atom is 0.178 e. The van der Waals surface area contributed by atoms with E-state index in [4.69, 9.17) is 5.84 Å². The van der Waals surface area contributed by atoms with Crippen LogP contribution in [-0.4, -0.2) is 22.5 Å². The van der Waals surface area contributed by atoms with Crippen molar-refractivity contribution in [3.63, 3.8) is 0 Å². The number of hydrazine groups is 1. The van der Waals surface area contributed by atoms with Crippen LogP contribution in [0.25, 0.3) is 0 Å². The van der Waals surface area contributed by atoms with Gasteiger partial charge in [-0.05, 0) is 31.9 Å². The minimum absolute atomic E-state index is 0.0574. The summed E-state index contributed by atoms with van der Waals surface area (Å²) in [5, 5.41) is 3.72. The highest BCUT2D eigenvalue weighted by molar-refractivity contribution is 7.99. The van der Waals surface area contributed by atoms with Gasteiger partial charge in [-0.1, -0.05) is 0 Å². The summed E-state index contributed by atoms with van der Waals surface area (Å²) >= 11 is 1.87. The molecule has 1 heterocycles. The lowest BCUT2D eigenvalue weighted by Crippen LogP contribution is -2.28. The number of pyridine rings is 1. The van der Waals surface area contributed by atoms with Gasteiger partial charge in [0.05, 0.1) is 0 Å². The zero-order chi connectivity index (χ0) is 13.8. The smallest absolute Gasteiger partial charge is 0.178 e. The van der Waals surface area contributed by atoms with Gasteiger partial charge in [0.15, 0.2) is 23.3 Å². The third kappa shape index (κ3) is 3.48. The van der Waals surface area contributed by atoms with E-state index in [1.165, 1.54) is 0 Å². The summed E-state index contributed by atoms with van der Waals surface area (Å²) in [5.74, 6) is 3.55. The van der Waals surface area contributed by atoms with Crippen molar-refractivity contribution in [3.05, 3.63) is 17.7 Å². The second kappa shape index (κ2) is 6.38. The van der Waals surface area contributed by atoms with Crippen LogP contribution in [0, 0.1) is 11.6 Å². The van der Waals surface area contributed by atoms with Gasteiger partial charge < -0.3 is 10.7 Å². The van der Waals surface area contributed by atoms with E-state index in [9.17, 15) is 8.78 Å². The molecule has 1 aliphatic rings. The van der Waals surface area contributed by atoms with Crippen LogP contribution in [0.1, 0.15) is 25.7 Å². The van der Waals surface area contributed by atoms with Crippen molar-refractivity contribution in [1.82, 2.24) is 4.98 Å². The minimum atomic E-state index is -0.795. The van der Waals surface area contributed by atoms with Crippen LogP contribution in [0.2, 0.25) is 0 Å². The Labute approximate surface area is 115 Å². The highest BCUT2D eigenvalue weighted by atomic mass is 32.2. The number of nitrogen functional groups attached to an aromatic ring is 1. The molecule has 1 saturated carbocycles. The summed E-state index contributed by atoms with van der Waals surface area (Å²) in [5.41, 5.74) is 2.12. The molecule has 4 nitrogen and oxygen atoms in total. The van der Waals surface area contributed by atoms with E-state index < -0.39 is 11.6 Å². The first kappa shape index (κ1) is 14.3. The standard InChI is InChI=1S/C12H18F2N4S/c1-19-8-4-2-7(3-5-8)16-11-9(13)6-10(14)12(17-11)18-15/h6-8H,2-5,15H2,1H3,(H2,16,17,18). The van der Waals surface area contributed by atoms with E-state index in [-0.39, 0.29) is 17.7 Å². The molecule has 2 rings (SSSR count). The Balaban J connectivity index is 2.03. The molecule has 0 radical (unpaired) electrons. The number of aromatic nitrogens is 1. The van der Waals surface area contributed by atoms with Crippen LogP contribution in [0.4, 0.5) is 20.4 Å². The van der Waals surface area contributed by atoms with Gasteiger partial charge in [-0.2, -0.15) is 11.8 Å². The number of hydrogen-bond acceptors (Lipinski definition) is 5. The van der Waals surface area contributed by atoms with Gasteiger partial charge in [-0.25, -0.2) is 19.6 Å². The second-order valence-corrected chi connectivity index (χ2v) is 5.79. The molecule has 106 valence electrons. The van der Waals surface area contributed by atoms with E-state index in [2.05, 4.69) is 22.0 Å². The largest absolute Gasteiger partial charge is 0.365 e. The number of anilines is 2. The lowest BCUT2D eigenvalue weighted by atomic mass is 9.95. The summed E-state index contributed by atoms with van der Waals surface area (Å²) in [6, 6.07) is 0.972. The normalized spacial score (nSPS) is 23.2. The molecule has 19 heavy (non-hydrogen) atoms. The fourth-order valence-electron chi connectivity index (χ4n) is 2.31. The molecule has 0 aliphatic heterocycles. The lowest BCUT2D eigenvalue weighted by molar-refractivity contribution is 0.469. The fourth-order valence-corrected chi connectivity index (χ4v) is 3.05. The SMILES string of the molecule is CSC1CCC(Nc2nc(NN)c(F)cc2F)CC1. The van der Waals surface area contributed by atoms with E-state index >= 15 is 0 Å². The molecule has 4 N–H and O–H groups in total. The van der Waals surface area contributed by atoms with Gasteiger partial charge >= 0.3 is 0 Å². The second-order valence-electron chi connectivity index (χ2n) is 4.65. The molecule has 1 aromatic heterocycles. The Morgan fingerprint density at radius 2 is 1.84 bits per heavy atom. The number of hydrogen-bond donors (Lipinski definition) is 3. The summed E-state index contributed by atoms with van der Waals surface area (Å²) in [7, 11) is 0. The van der Waals surface area contributed by atoms with E-state index in [1.54, 1.807) is 0 Å². The number of nitrogens with zero attached hydrogens (tertiary/aromatic N) is 1. The van der Waals surface area contributed by atoms with Crippen LogP contribution >= 0.6 is 11.8 Å². The summed E-state index contributed by atoms with van der Waals surface area (Å²) in [4.78, 5) is 3.82. The van der Waals surface area contributed by atoms with Gasteiger partial charge in [0.25, 0.3) is 0 Å². The first-order chi connectivity index (χ1) is 9.13. The number of halogens is 2. The highest BCUT2D eigenvalue weighted by Crippen LogP contribution is 2.29. The topological polar surface area (TPSA) is 63.0 Å². The Morgan fingerprint density at radius 3 is 2.42 bits per heavy atom. The van der Waals surface area contributed by atoms with Crippen LogP contribution in [0.3, 0.4) is 0 Å². The molecule has 0 bridgehead atoms.